The van der Waals surface area contributed by atoms with E-state index in [1.807, 2.05) is 6.92 Å². The van der Waals surface area contributed by atoms with Gasteiger partial charge in [-0.3, -0.25) is 13.9 Å². The molecule has 8 nitrogen and oxygen atoms in total. The van der Waals surface area contributed by atoms with E-state index >= 15 is 0 Å². The quantitative estimate of drug-likeness (QED) is 0.258. The van der Waals surface area contributed by atoms with Crippen LogP contribution in [0, 0.1) is 0 Å². The number of halogens is 2. The van der Waals surface area contributed by atoms with Crippen molar-refractivity contribution in [2.24, 2.45) is 0 Å². The van der Waals surface area contributed by atoms with Crippen molar-refractivity contribution in [2.75, 3.05) is 24.5 Å². The Morgan fingerprint density at radius 2 is 1.62 bits per heavy atom. The lowest BCUT2D eigenvalue weighted by molar-refractivity contribution is -0.139. The zero-order valence-corrected chi connectivity index (χ0v) is 25.0. The summed E-state index contributed by atoms with van der Waals surface area (Å²) in [5, 5.41) is 3.65. The van der Waals surface area contributed by atoms with Gasteiger partial charge in [0.15, 0.2) is 0 Å². The molecule has 0 saturated heterocycles. The van der Waals surface area contributed by atoms with E-state index in [1.165, 1.54) is 36.3 Å². The zero-order valence-electron chi connectivity index (χ0n) is 22.6. The molecule has 0 aliphatic carbocycles. The molecule has 3 aromatic rings. The fraction of sp³-hybridized carbons (Fsp3) is 0.310. The number of anilines is 1. The van der Waals surface area contributed by atoms with Gasteiger partial charge in [-0.15, -0.1) is 0 Å². The summed E-state index contributed by atoms with van der Waals surface area (Å²) in [6.45, 7) is 3.55. The molecule has 1 atom stereocenters. The maximum atomic E-state index is 14.0. The fourth-order valence-corrected chi connectivity index (χ4v) is 5.73. The number of amides is 2. The van der Waals surface area contributed by atoms with Crippen LogP contribution in [0.5, 0.6) is 5.75 Å². The van der Waals surface area contributed by atoms with E-state index < -0.39 is 28.5 Å². The molecule has 0 bridgehead atoms. The topological polar surface area (TPSA) is 96.0 Å². The van der Waals surface area contributed by atoms with Crippen LogP contribution in [0.25, 0.3) is 0 Å². The Hall–Kier alpha value is -3.27. The number of hydrogen-bond acceptors (Lipinski definition) is 5. The van der Waals surface area contributed by atoms with Crippen LogP contribution in [0.1, 0.15) is 32.3 Å². The van der Waals surface area contributed by atoms with Crippen molar-refractivity contribution in [3.05, 3.63) is 88.4 Å². The van der Waals surface area contributed by atoms with Crippen molar-refractivity contribution >= 4 is 50.7 Å². The molecule has 0 aromatic heterocycles. The van der Waals surface area contributed by atoms with Crippen molar-refractivity contribution in [3.8, 4) is 5.75 Å². The highest BCUT2D eigenvalue weighted by atomic mass is 35.5. The number of nitrogens with one attached hydrogen (secondary N) is 1. The standard InChI is InChI=1S/C29H33Cl2N3O5S/c1-4-5-17-32-29(36)21(2)33(19-22-11-13-23(30)14-12-22)28(35)20-34(26-18-24(31)15-16-27(26)39-3)40(37,38)25-9-7-6-8-10-25/h6-16,18,21H,4-5,17,19-20H2,1-3H3,(H,32,36)/t21-/m0/s1. The molecule has 0 fully saturated rings. The van der Waals surface area contributed by atoms with Gasteiger partial charge in [-0.1, -0.05) is 66.9 Å². The molecule has 0 spiro atoms. The molecular weight excluding hydrogens is 573 g/mol. The molecule has 3 rings (SSSR count). The molecule has 0 saturated carbocycles. The van der Waals surface area contributed by atoms with Crippen LogP contribution in [0.15, 0.2) is 77.7 Å². The lowest BCUT2D eigenvalue weighted by atomic mass is 10.1. The number of nitrogens with zero attached hydrogens (tertiary/aromatic N) is 2. The van der Waals surface area contributed by atoms with Crippen LogP contribution in [0.4, 0.5) is 5.69 Å². The number of carbonyl (C=O) groups excluding carboxylic acids is 2. The summed E-state index contributed by atoms with van der Waals surface area (Å²) in [7, 11) is -2.84. The van der Waals surface area contributed by atoms with Gasteiger partial charge in [0.1, 0.15) is 18.3 Å². The first kappa shape index (κ1) is 31.3. The molecule has 1 N–H and O–H groups in total. The number of ether oxygens (including phenoxy) is 1. The van der Waals surface area contributed by atoms with Crippen LogP contribution in [0.3, 0.4) is 0 Å². The second kappa shape index (κ2) is 14.4. The Morgan fingerprint density at radius 1 is 0.975 bits per heavy atom. The number of benzene rings is 3. The molecule has 2 amide bonds. The van der Waals surface area contributed by atoms with Gasteiger partial charge in [0, 0.05) is 23.1 Å². The number of sulfonamides is 1. The van der Waals surface area contributed by atoms with Crippen molar-refractivity contribution in [2.45, 2.75) is 44.2 Å². The van der Waals surface area contributed by atoms with Gasteiger partial charge in [-0.25, -0.2) is 8.42 Å². The third-order valence-electron chi connectivity index (χ3n) is 6.28. The largest absolute Gasteiger partial charge is 0.495 e. The maximum Gasteiger partial charge on any atom is 0.264 e. The third-order valence-corrected chi connectivity index (χ3v) is 8.54. The molecule has 3 aromatic carbocycles. The molecule has 0 aliphatic heterocycles. The lowest BCUT2D eigenvalue weighted by Gasteiger charge is -2.32. The molecule has 40 heavy (non-hydrogen) atoms. The highest BCUT2D eigenvalue weighted by Gasteiger charge is 2.33. The predicted octanol–water partition coefficient (Wildman–Crippen LogP) is 5.53. The number of unbranched alkanes of at least 4 members (excludes halogenated alkanes) is 1. The minimum absolute atomic E-state index is 0.0144. The second-order valence-corrected chi connectivity index (χ2v) is 11.8. The maximum absolute atomic E-state index is 14.0. The third kappa shape index (κ3) is 7.90. The van der Waals surface area contributed by atoms with Gasteiger partial charge in [0.05, 0.1) is 17.7 Å². The van der Waals surface area contributed by atoms with Crippen molar-refractivity contribution in [1.29, 1.82) is 0 Å². The van der Waals surface area contributed by atoms with Crippen LogP contribution in [-0.2, 0) is 26.2 Å². The summed E-state index contributed by atoms with van der Waals surface area (Å²) in [4.78, 5) is 28.4. The van der Waals surface area contributed by atoms with Crippen LogP contribution < -0.4 is 14.4 Å². The molecule has 0 aliphatic rings. The van der Waals surface area contributed by atoms with Gasteiger partial charge < -0.3 is 15.0 Å². The highest BCUT2D eigenvalue weighted by Crippen LogP contribution is 2.35. The first-order chi connectivity index (χ1) is 19.1. The number of rotatable bonds is 13. The van der Waals surface area contributed by atoms with Crippen molar-refractivity contribution in [3.63, 3.8) is 0 Å². The summed E-state index contributed by atoms with van der Waals surface area (Å²) in [5.74, 6) is -0.713. The Labute approximate surface area is 245 Å². The average molecular weight is 607 g/mol. The highest BCUT2D eigenvalue weighted by molar-refractivity contribution is 7.92. The SMILES string of the molecule is CCCCNC(=O)[C@H](C)N(Cc1ccc(Cl)cc1)C(=O)CN(c1cc(Cl)ccc1OC)S(=O)(=O)c1ccccc1. The summed E-state index contributed by atoms with van der Waals surface area (Å²) in [6.07, 6.45) is 1.69. The Balaban J connectivity index is 2.05. The van der Waals surface area contributed by atoms with E-state index in [2.05, 4.69) is 5.32 Å². The van der Waals surface area contributed by atoms with Gasteiger partial charge in [-0.05, 0) is 61.4 Å². The molecule has 0 heterocycles. The van der Waals surface area contributed by atoms with Gasteiger partial charge in [0.25, 0.3) is 10.0 Å². The van der Waals surface area contributed by atoms with Crippen LogP contribution in [0.2, 0.25) is 10.0 Å². The van der Waals surface area contributed by atoms with Gasteiger partial charge >= 0.3 is 0 Å². The summed E-state index contributed by atoms with van der Waals surface area (Å²) in [5.41, 5.74) is 0.822. The number of methoxy groups -OCH3 is 1. The predicted molar refractivity (Wildman–Crippen MR) is 158 cm³/mol. The van der Waals surface area contributed by atoms with E-state index in [0.29, 0.717) is 11.6 Å². The van der Waals surface area contributed by atoms with Gasteiger partial charge in [0.2, 0.25) is 11.8 Å². The Kier molecular flexibility index (Phi) is 11.2. The molecular formula is C29H33Cl2N3O5S. The Morgan fingerprint density at radius 3 is 2.25 bits per heavy atom. The molecule has 11 heteroatoms. The van der Waals surface area contributed by atoms with Gasteiger partial charge in [-0.2, -0.15) is 0 Å². The second-order valence-electron chi connectivity index (χ2n) is 9.11. The lowest BCUT2D eigenvalue weighted by Crippen LogP contribution is -2.51. The molecule has 0 unspecified atom stereocenters. The first-order valence-electron chi connectivity index (χ1n) is 12.8. The van der Waals surface area contributed by atoms with E-state index in [9.17, 15) is 18.0 Å². The minimum Gasteiger partial charge on any atom is -0.495 e. The zero-order chi connectivity index (χ0) is 29.3. The molecule has 0 radical (unpaired) electrons. The van der Waals surface area contributed by atoms with Crippen molar-refractivity contribution < 1.29 is 22.7 Å². The van der Waals surface area contributed by atoms with Crippen LogP contribution in [-0.4, -0.2) is 51.4 Å². The van der Waals surface area contributed by atoms with E-state index in [1.54, 1.807) is 55.5 Å². The smallest absolute Gasteiger partial charge is 0.264 e. The number of carbonyl (C=O) groups is 2. The van der Waals surface area contributed by atoms with E-state index in [-0.39, 0.29) is 33.8 Å². The average Bonchev–Trinajstić information content (AvgIpc) is 2.95. The fourth-order valence-electron chi connectivity index (χ4n) is 4.00. The minimum atomic E-state index is -4.24. The van der Waals surface area contributed by atoms with Crippen molar-refractivity contribution in [1.82, 2.24) is 10.2 Å². The van der Waals surface area contributed by atoms with E-state index in [4.69, 9.17) is 27.9 Å². The summed E-state index contributed by atoms with van der Waals surface area (Å²) < 4.78 is 34.2. The van der Waals surface area contributed by atoms with E-state index in [0.717, 1.165) is 22.7 Å². The monoisotopic (exact) mass is 605 g/mol. The first-order valence-corrected chi connectivity index (χ1v) is 15.0. The summed E-state index contributed by atoms with van der Waals surface area (Å²) >= 11 is 12.3. The summed E-state index contributed by atoms with van der Waals surface area (Å²) in [6, 6.07) is 18.3. The normalized spacial score (nSPS) is 11.9. The Bertz CT molecular complexity index is 1400. The van der Waals surface area contributed by atoms with Crippen LogP contribution >= 0.6 is 23.2 Å². The molecule has 214 valence electrons. The number of hydrogen-bond donors (Lipinski definition) is 1.